The van der Waals surface area contributed by atoms with Crippen molar-refractivity contribution >= 4 is 49.1 Å². The summed E-state index contributed by atoms with van der Waals surface area (Å²) in [5.74, 6) is -0.995. The van der Waals surface area contributed by atoms with Crippen molar-refractivity contribution in [3.63, 3.8) is 0 Å². The van der Waals surface area contributed by atoms with Crippen molar-refractivity contribution in [2.75, 3.05) is 26.0 Å². The van der Waals surface area contributed by atoms with Crippen LogP contribution in [0.2, 0.25) is 0 Å². The molecule has 0 aliphatic carbocycles. The molecule has 0 aliphatic rings. The highest BCUT2D eigenvalue weighted by Gasteiger charge is 2.19. The van der Waals surface area contributed by atoms with Crippen LogP contribution in [0, 0.1) is 0 Å². The zero-order valence-electron chi connectivity index (χ0n) is 18.5. The van der Waals surface area contributed by atoms with Crippen LogP contribution in [-0.4, -0.2) is 50.2 Å². The molecule has 8 nitrogen and oxygen atoms in total. The Labute approximate surface area is 201 Å². The summed E-state index contributed by atoms with van der Waals surface area (Å²) in [5.41, 5.74) is 1.86. The Balaban J connectivity index is 1.40. The highest BCUT2D eigenvalue weighted by Crippen LogP contribution is 2.30. The third kappa shape index (κ3) is 4.98. The first kappa shape index (κ1) is 23.6. The van der Waals surface area contributed by atoms with Crippen molar-refractivity contribution in [1.29, 1.82) is 0 Å². The zero-order chi connectivity index (χ0) is 24.3. The van der Waals surface area contributed by atoms with E-state index in [1.165, 1.54) is 49.7 Å². The van der Waals surface area contributed by atoms with Gasteiger partial charge >= 0.3 is 0 Å². The maximum absolute atomic E-state index is 12.5. The zero-order valence-corrected chi connectivity index (χ0v) is 20.1. The SMILES string of the molecule is CN(C)S(=O)(=O)c1cccc(C(=O)NCC(=O)Nc2nc(-c3cccc4ccccc34)cs2)c1. The Hall–Kier alpha value is -3.60. The number of thiazole rings is 1. The number of amides is 2. The lowest BCUT2D eigenvalue weighted by molar-refractivity contribution is -0.115. The molecule has 3 aromatic carbocycles. The van der Waals surface area contributed by atoms with Crippen molar-refractivity contribution < 1.29 is 18.0 Å². The number of sulfonamides is 1. The fourth-order valence-corrected chi connectivity index (χ4v) is 5.01. The van der Waals surface area contributed by atoms with E-state index in [0.29, 0.717) is 5.13 Å². The van der Waals surface area contributed by atoms with E-state index in [1.807, 2.05) is 47.8 Å². The molecule has 2 N–H and O–H groups in total. The van der Waals surface area contributed by atoms with Gasteiger partial charge < -0.3 is 10.6 Å². The predicted octanol–water partition coefficient (Wildman–Crippen LogP) is 3.58. The van der Waals surface area contributed by atoms with Crippen molar-refractivity contribution in [2.24, 2.45) is 0 Å². The van der Waals surface area contributed by atoms with Gasteiger partial charge in [0.2, 0.25) is 15.9 Å². The molecule has 4 rings (SSSR count). The molecule has 1 heterocycles. The largest absolute Gasteiger partial charge is 0.343 e. The molecule has 0 saturated carbocycles. The van der Waals surface area contributed by atoms with Crippen LogP contribution in [0.25, 0.3) is 22.0 Å². The molecule has 0 radical (unpaired) electrons. The van der Waals surface area contributed by atoms with E-state index < -0.39 is 21.8 Å². The van der Waals surface area contributed by atoms with Gasteiger partial charge in [-0.05, 0) is 29.0 Å². The Morgan fingerprint density at radius 2 is 1.74 bits per heavy atom. The average Bonchev–Trinajstić information content (AvgIpc) is 3.30. The van der Waals surface area contributed by atoms with E-state index in [4.69, 9.17) is 0 Å². The second kappa shape index (κ2) is 9.72. The van der Waals surface area contributed by atoms with E-state index in [-0.39, 0.29) is 17.0 Å². The van der Waals surface area contributed by atoms with Crippen LogP contribution in [-0.2, 0) is 14.8 Å². The number of rotatable bonds is 7. The number of nitrogens with zero attached hydrogens (tertiary/aromatic N) is 2. The molecule has 0 fully saturated rings. The summed E-state index contributed by atoms with van der Waals surface area (Å²) >= 11 is 1.29. The Bertz CT molecular complexity index is 1470. The molecule has 10 heteroatoms. The van der Waals surface area contributed by atoms with Gasteiger partial charge in [0.15, 0.2) is 5.13 Å². The van der Waals surface area contributed by atoms with E-state index in [9.17, 15) is 18.0 Å². The van der Waals surface area contributed by atoms with Gasteiger partial charge in [-0.1, -0.05) is 48.5 Å². The minimum Gasteiger partial charge on any atom is -0.343 e. The number of fused-ring (bicyclic) bond motifs is 1. The number of nitrogens with one attached hydrogen (secondary N) is 2. The summed E-state index contributed by atoms with van der Waals surface area (Å²) in [6.07, 6.45) is 0. The third-order valence-corrected chi connectivity index (χ3v) is 7.67. The number of aromatic nitrogens is 1. The van der Waals surface area contributed by atoms with Gasteiger partial charge in [0.05, 0.1) is 17.1 Å². The Morgan fingerprint density at radius 3 is 2.53 bits per heavy atom. The maximum Gasteiger partial charge on any atom is 0.251 e. The first-order valence-electron chi connectivity index (χ1n) is 10.3. The fourth-order valence-electron chi connectivity index (χ4n) is 3.34. The number of carbonyl (C=O) groups is 2. The quantitative estimate of drug-likeness (QED) is 0.408. The number of carbonyl (C=O) groups excluding carboxylic acids is 2. The lowest BCUT2D eigenvalue weighted by atomic mass is 10.0. The van der Waals surface area contributed by atoms with Crippen LogP contribution in [0.15, 0.2) is 77.0 Å². The smallest absolute Gasteiger partial charge is 0.251 e. The maximum atomic E-state index is 12.5. The van der Waals surface area contributed by atoms with Crippen LogP contribution in [0.5, 0.6) is 0 Å². The van der Waals surface area contributed by atoms with Gasteiger partial charge in [-0.3, -0.25) is 9.59 Å². The van der Waals surface area contributed by atoms with E-state index in [0.717, 1.165) is 26.3 Å². The van der Waals surface area contributed by atoms with Crippen LogP contribution < -0.4 is 10.6 Å². The number of anilines is 1. The second-order valence-corrected chi connectivity index (χ2v) is 10.6. The van der Waals surface area contributed by atoms with E-state index in [2.05, 4.69) is 15.6 Å². The summed E-state index contributed by atoms with van der Waals surface area (Å²) in [6, 6.07) is 19.6. The van der Waals surface area contributed by atoms with Crippen molar-refractivity contribution in [3.8, 4) is 11.3 Å². The summed E-state index contributed by atoms with van der Waals surface area (Å²) in [7, 11) is -0.845. The van der Waals surface area contributed by atoms with Crippen molar-refractivity contribution in [1.82, 2.24) is 14.6 Å². The highest BCUT2D eigenvalue weighted by atomic mass is 32.2. The Kier molecular flexibility index (Phi) is 6.73. The molecule has 1 aromatic heterocycles. The number of benzene rings is 3. The van der Waals surface area contributed by atoms with Crippen LogP contribution >= 0.6 is 11.3 Å². The minimum atomic E-state index is -3.67. The molecule has 2 amide bonds. The fraction of sp³-hybridized carbons (Fsp3) is 0.125. The molecular formula is C24H22N4O4S2. The van der Waals surface area contributed by atoms with Gasteiger partial charge in [-0.2, -0.15) is 0 Å². The topological polar surface area (TPSA) is 108 Å². The normalized spacial score (nSPS) is 11.5. The highest BCUT2D eigenvalue weighted by molar-refractivity contribution is 7.89. The average molecular weight is 495 g/mol. The monoisotopic (exact) mass is 494 g/mol. The predicted molar refractivity (Wildman–Crippen MR) is 133 cm³/mol. The van der Waals surface area contributed by atoms with Crippen molar-refractivity contribution in [3.05, 3.63) is 77.7 Å². The van der Waals surface area contributed by atoms with Gasteiger partial charge in [0.25, 0.3) is 5.91 Å². The molecule has 0 atom stereocenters. The Morgan fingerprint density at radius 1 is 1.00 bits per heavy atom. The summed E-state index contributed by atoms with van der Waals surface area (Å²) in [5, 5.41) is 9.65. The first-order chi connectivity index (χ1) is 16.3. The first-order valence-corrected chi connectivity index (χ1v) is 12.6. The number of hydrogen-bond acceptors (Lipinski definition) is 6. The standard InChI is InChI=1S/C24H22N4O4S2/c1-28(2)34(31,32)18-10-5-9-17(13-18)23(30)25-14-22(29)27-24-26-21(15-33-24)20-12-6-8-16-7-3-4-11-19(16)20/h3-13,15H,14H2,1-2H3,(H,25,30)(H,26,27,29). The number of hydrogen-bond donors (Lipinski definition) is 2. The lowest BCUT2D eigenvalue weighted by Crippen LogP contribution is -2.33. The van der Waals surface area contributed by atoms with Gasteiger partial charge in [-0.25, -0.2) is 17.7 Å². The summed E-state index contributed by atoms with van der Waals surface area (Å²) in [4.78, 5) is 29.3. The molecule has 0 bridgehead atoms. The molecule has 0 unspecified atom stereocenters. The molecule has 0 saturated heterocycles. The van der Waals surface area contributed by atoms with Gasteiger partial charge in [-0.15, -0.1) is 11.3 Å². The van der Waals surface area contributed by atoms with E-state index >= 15 is 0 Å². The summed E-state index contributed by atoms with van der Waals surface area (Å²) in [6.45, 7) is -0.285. The van der Waals surface area contributed by atoms with E-state index in [1.54, 1.807) is 0 Å². The molecular weight excluding hydrogens is 472 g/mol. The minimum absolute atomic E-state index is 0.00153. The van der Waals surface area contributed by atoms with Crippen LogP contribution in [0.4, 0.5) is 5.13 Å². The molecule has 34 heavy (non-hydrogen) atoms. The molecule has 0 spiro atoms. The second-order valence-electron chi connectivity index (χ2n) is 7.61. The molecule has 0 aliphatic heterocycles. The van der Waals surface area contributed by atoms with Gasteiger partial charge in [0.1, 0.15) is 0 Å². The van der Waals surface area contributed by atoms with Gasteiger partial charge in [0, 0.05) is 30.6 Å². The molecule has 174 valence electrons. The van der Waals surface area contributed by atoms with Crippen LogP contribution in [0.3, 0.4) is 0 Å². The van der Waals surface area contributed by atoms with Crippen molar-refractivity contribution in [2.45, 2.75) is 4.90 Å². The van der Waals surface area contributed by atoms with Crippen LogP contribution in [0.1, 0.15) is 10.4 Å². The summed E-state index contributed by atoms with van der Waals surface area (Å²) < 4.78 is 25.6. The lowest BCUT2D eigenvalue weighted by Gasteiger charge is -2.12. The molecule has 4 aromatic rings. The third-order valence-electron chi connectivity index (χ3n) is 5.10.